The number of aromatic nitrogens is 2. The molecule has 8 rings (SSSR count). The van der Waals surface area contributed by atoms with Crippen molar-refractivity contribution in [3.8, 4) is 11.5 Å². The Morgan fingerprint density at radius 3 is 2.31 bits per heavy atom. The van der Waals surface area contributed by atoms with Crippen LogP contribution in [0, 0.1) is 18.3 Å². The number of likely N-dealkylation sites (N-methyl/N-ethyl adjacent to an activating group) is 1. The Morgan fingerprint density at radius 1 is 0.881 bits per heavy atom. The first kappa shape index (κ1) is 61.5. The fourth-order valence-corrected chi connectivity index (χ4v) is 10.5. The minimum Gasteiger partial charge on any atom is -0.508 e. The van der Waals surface area contributed by atoms with E-state index in [2.05, 4.69) is 20.9 Å². The van der Waals surface area contributed by atoms with Crippen molar-refractivity contribution < 1.29 is 62.8 Å². The lowest BCUT2D eigenvalue weighted by Gasteiger charge is -2.26. The average Bonchev–Trinajstić information content (AvgIpc) is 1.66. The maximum absolute atomic E-state index is 14.6. The second kappa shape index (κ2) is 27.2. The van der Waals surface area contributed by atoms with Crippen molar-refractivity contribution in [3.63, 3.8) is 0 Å². The van der Waals surface area contributed by atoms with Gasteiger partial charge >= 0.3 is 12.2 Å². The number of fused-ring (bicyclic) bond motifs is 4. The first-order valence-corrected chi connectivity index (χ1v) is 28.2. The summed E-state index contributed by atoms with van der Waals surface area (Å²) in [5.74, 6) is -2.35. The number of aromatic hydroxyl groups is 1. The van der Waals surface area contributed by atoms with E-state index in [1.54, 1.807) is 64.2 Å². The average molecular weight is 1170 g/mol. The number of carbonyl (C=O) groups excluding carboxylic acids is 8. The number of likely N-dealkylation sites (tertiary alicyclic amines) is 1. The summed E-state index contributed by atoms with van der Waals surface area (Å²) >= 11 is 6.64. The summed E-state index contributed by atoms with van der Waals surface area (Å²) in [4.78, 5) is 116. The minimum absolute atomic E-state index is 0.00948. The van der Waals surface area contributed by atoms with Gasteiger partial charge in [-0.2, -0.15) is 0 Å². The molecule has 0 spiro atoms. The number of anilines is 3. The number of benzene rings is 4. The number of alkyl halides is 1. The largest absolute Gasteiger partial charge is 0.508 e. The molecular formula is C61H70ClN9O13. The van der Waals surface area contributed by atoms with Gasteiger partial charge in [0.25, 0.3) is 11.8 Å². The van der Waals surface area contributed by atoms with E-state index in [1.807, 2.05) is 45.9 Å². The van der Waals surface area contributed by atoms with E-state index in [4.69, 9.17) is 25.8 Å². The van der Waals surface area contributed by atoms with Gasteiger partial charge in [0, 0.05) is 100 Å². The number of phenolic OH excluding ortho intramolecular Hbond substituents is 1. The van der Waals surface area contributed by atoms with Crippen molar-refractivity contribution >= 4 is 92.7 Å². The molecule has 2 aliphatic rings. The highest BCUT2D eigenvalue weighted by Crippen LogP contribution is 2.47. The number of nitrogens with zero attached hydrogens (tertiary/aromatic N) is 6. The zero-order valence-electron chi connectivity index (χ0n) is 47.8. The number of imidazole rings is 1. The maximum atomic E-state index is 14.6. The number of aliphatic hydroxyl groups is 1. The number of unbranched alkanes of at least 4 members (excludes halogenated alkanes) is 1. The summed E-state index contributed by atoms with van der Waals surface area (Å²) in [5, 5.41) is 28.7. The van der Waals surface area contributed by atoms with E-state index in [0.29, 0.717) is 52.1 Å². The number of phenols is 1. The minimum atomic E-state index is -0.870. The third-order valence-electron chi connectivity index (χ3n) is 14.8. The van der Waals surface area contributed by atoms with Crippen molar-refractivity contribution in [2.45, 2.75) is 78.9 Å². The number of aliphatic hydroxyl groups excluding tert-OH is 1. The number of ether oxygens (including phenoxy) is 3. The van der Waals surface area contributed by atoms with Crippen LogP contribution in [0.3, 0.4) is 0 Å². The van der Waals surface area contributed by atoms with Gasteiger partial charge in [-0.15, -0.1) is 11.6 Å². The molecule has 8 amide bonds. The fourth-order valence-electron chi connectivity index (χ4n) is 10.3. The molecule has 0 bridgehead atoms. The van der Waals surface area contributed by atoms with Gasteiger partial charge in [-0.1, -0.05) is 51.1 Å². The second-order valence-corrected chi connectivity index (χ2v) is 22.3. The molecule has 5 N–H and O–H groups in total. The molecule has 0 radical (unpaired) electrons. The van der Waals surface area contributed by atoms with Crippen LogP contribution in [0.5, 0.6) is 11.5 Å². The van der Waals surface area contributed by atoms with Crippen molar-refractivity contribution in [2.24, 2.45) is 11.3 Å². The highest BCUT2D eigenvalue weighted by molar-refractivity contribution is 6.19. The highest BCUT2D eigenvalue weighted by Gasteiger charge is 2.44. The zero-order valence-corrected chi connectivity index (χ0v) is 48.6. The summed E-state index contributed by atoms with van der Waals surface area (Å²) < 4.78 is 19.0. The lowest BCUT2D eigenvalue weighted by molar-refractivity contribution is -0.140. The maximum Gasteiger partial charge on any atom is 0.415 e. The number of halogens is 1. The topological polar surface area (TPSA) is 271 Å². The predicted molar refractivity (Wildman–Crippen MR) is 314 cm³/mol. The Labute approximate surface area is 491 Å². The molecule has 2 aromatic heterocycles. The summed E-state index contributed by atoms with van der Waals surface area (Å²) in [6, 6.07) is 22.1. The highest BCUT2D eigenvalue weighted by atomic mass is 35.5. The molecule has 4 aromatic carbocycles. The number of aryl methyl sites for hydroxylation is 1. The third-order valence-corrected chi connectivity index (χ3v) is 15.2. The summed E-state index contributed by atoms with van der Waals surface area (Å²) in [7, 11) is 1.52. The first-order valence-electron chi connectivity index (χ1n) is 27.7. The van der Waals surface area contributed by atoms with E-state index < -0.39 is 41.9 Å². The van der Waals surface area contributed by atoms with Crippen molar-refractivity contribution in [2.75, 3.05) is 81.0 Å². The lowest BCUT2D eigenvalue weighted by Crippen LogP contribution is -2.43. The molecule has 444 valence electrons. The third kappa shape index (κ3) is 14.8. The van der Waals surface area contributed by atoms with Gasteiger partial charge in [-0.3, -0.25) is 33.7 Å². The lowest BCUT2D eigenvalue weighted by atomic mass is 9.80. The van der Waals surface area contributed by atoms with E-state index in [0.717, 1.165) is 16.5 Å². The smallest absolute Gasteiger partial charge is 0.415 e. The molecule has 22 nitrogen and oxygen atoms in total. The van der Waals surface area contributed by atoms with Crippen LogP contribution in [0.2, 0.25) is 0 Å². The Bertz CT molecular complexity index is 3440. The number of rotatable bonds is 23. The SMILES string of the molecule is CC(=O)N[C@@H](CCCCN1C(=O)CC(C(C)(C)C)C1=O)C(=O)Nc1ccc(COC(=O)N(C)CCN(CCOCCO)C(=O)Oc2cc3c(c4c(C)cccc24)[C@H](CCl)CN3C(=O)c2cn3cc(NC(=O)c4ccc(O)cc4)ccc3n2)cc1. The van der Waals surface area contributed by atoms with Gasteiger partial charge in [-0.05, 0) is 102 Å². The zero-order chi connectivity index (χ0) is 60.4. The molecule has 1 unspecified atom stereocenters. The molecule has 0 aliphatic carbocycles. The van der Waals surface area contributed by atoms with Gasteiger partial charge in [0.1, 0.15) is 35.5 Å². The molecular weight excluding hydrogens is 1100 g/mol. The van der Waals surface area contributed by atoms with Crippen LogP contribution in [0.1, 0.15) is 96.8 Å². The second-order valence-electron chi connectivity index (χ2n) is 22.0. The van der Waals surface area contributed by atoms with E-state index in [-0.39, 0.29) is 124 Å². The molecule has 23 heteroatoms. The van der Waals surface area contributed by atoms with Crippen LogP contribution in [0.4, 0.5) is 26.7 Å². The van der Waals surface area contributed by atoms with E-state index >= 15 is 0 Å². The molecule has 3 atom stereocenters. The monoisotopic (exact) mass is 1170 g/mol. The van der Waals surface area contributed by atoms with Crippen LogP contribution in [-0.2, 0) is 35.3 Å². The molecule has 2 aliphatic heterocycles. The predicted octanol–water partition coefficient (Wildman–Crippen LogP) is 7.85. The molecule has 84 heavy (non-hydrogen) atoms. The Hall–Kier alpha value is -8.60. The van der Waals surface area contributed by atoms with E-state index in [9.17, 15) is 48.6 Å². The van der Waals surface area contributed by atoms with Crippen LogP contribution in [0.15, 0.2) is 97.3 Å². The Kier molecular flexibility index (Phi) is 19.9. The van der Waals surface area contributed by atoms with Crippen LogP contribution in [-0.4, -0.2) is 153 Å². The Balaban J connectivity index is 0.888. The number of nitrogens with one attached hydrogen (secondary N) is 3. The molecule has 1 fully saturated rings. The van der Waals surface area contributed by atoms with E-state index in [1.165, 1.54) is 52.9 Å². The van der Waals surface area contributed by atoms with Crippen LogP contribution >= 0.6 is 11.6 Å². The van der Waals surface area contributed by atoms with Gasteiger partial charge in [0.05, 0.1) is 37.1 Å². The van der Waals surface area contributed by atoms with Crippen molar-refractivity contribution in [1.82, 2.24) is 29.4 Å². The summed E-state index contributed by atoms with van der Waals surface area (Å²) in [6.07, 6.45) is 3.12. The number of imide groups is 1. The van der Waals surface area contributed by atoms with Gasteiger partial charge in [0.2, 0.25) is 23.6 Å². The standard InChI is InChI=1S/C61H70ClN9O13/c1-37-10-9-11-45-50(31-49-54(53(37)45)41(32-62)33-71(49)58(79)48-35-69-34-43(19-22-51(69)66-48)65-55(76)40-15-20-44(74)21-16-40)84-60(81)68(26-28-82-29-27-72)25-24-67(6)59(80)83-36-39-13-17-42(18-14-39)64-56(77)47(63-38(2)73)12-7-8-23-70-52(75)30-46(57(70)78)61(3,4)5/h9-11,13-22,31,34-35,41,46-47,72,74H,7-8,12,23-30,32-33,36H2,1-6H3,(H,63,73)(H,64,77)(H,65,76)/t41-,46?,47+/m1/s1. The number of carbonyl (C=O) groups is 8. The molecule has 4 heterocycles. The summed E-state index contributed by atoms with van der Waals surface area (Å²) in [6.45, 7) is 9.20. The number of hydrogen-bond donors (Lipinski definition) is 5. The van der Waals surface area contributed by atoms with Crippen molar-refractivity contribution in [3.05, 3.63) is 125 Å². The van der Waals surface area contributed by atoms with Gasteiger partial charge < -0.3 is 59.5 Å². The normalized spacial score (nSPS) is 15.2. The Morgan fingerprint density at radius 2 is 1.62 bits per heavy atom. The van der Waals surface area contributed by atoms with Crippen LogP contribution in [0.25, 0.3) is 16.4 Å². The molecule has 0 saturated carbocycles. The first-order chi connectivity index (χ1) is 40.1. The quantitative estimate of drug-likeness (QED) is 0.0232. The summed E-state index contributed by atoms with van der Waals surface area (Å²) in [5.41, 5.74) is 4.19. The van der Waals surface area contributed by atoms with Crippen LogP contribution < -0.4 is 25.6 Å². The van der Waals surface area contributed by atoms with Gasteiger partial charge in [-0.25, -0.2) is 14.6 Å². The number of hydrogen-bond acceptors (Lipinski definition) is 14. The fraction of sp³-hybridized carbons (Fsp3) is 0.393. The van der Waals surface area contributed by atoms with Crippen molar-refractivity contribution in [1.29, 1.82) is 0 Å². The van der Waals surface area contributed by atoms with Gasteiger partial charge in [0.15, 0.2) is 0 Å². The number of amides is 8. The number of pyridine rings is 1. The molecule has 1 saturated heterocycles. The molecule has 6 aromatic rings.